The fraction of sp³-hybridized carbons (Fsp3) is 0.556. The summed E-state index contributed by atoms with van der Waals surface area (Å²) in [6, 6.07) is 3.96. The number of thiophene rings is 1. The summed E-state index contributed by atoms with van der Waals surface area (Å²) >= 11 is 7.40. The topological polar surface area (TPSA) is 21.3 Å². The van der Waals surface area contributed by atoms with E-state index in [0.717, 1.165) is 30.6 Å². The third-order valence-electron chi connectivity index (χ3n) is 1.56. The summed E-state index contributed by atoms with van der Waals surface area (Å²) in [6.07, 6.45) is 0. The SMILES string of the molecule is CCOCCNCc1ccc(Cl)s1. The van der Waals surface area contributed by atoms with Gasteiger partial charge in [0, 0.05) is 24.6 Å². The second-order valence-corrected chi connectivity index (χ2v) is 4.38. The van der Waals surface area contributed by atoms with Crippen molar-refractivity contribution in [1.82, 2.24) is 5.32 Å². The van der Waals surface area contributed by atoms with Crippen molar-refractivity contribution in [3.8, 4) is 0 Å². The number of rotatable bonds is 6. The van der Waals surface area contributed by atoms with E-state index >= 15 is 0 Å². The van der Waals surface area contributed by atoms with Gasteiger partial charge in [-0.15, -0.1) is 11.3 Å². The first kappa shape index (κ1) is 11.0. The van der Waals surface area contributed by atoms with Crippen LogP contribution in [0, 0.1) is 0 Å². The molecule has 0 aliphatic heterocycles. The normalized spacial score (nSPS) is 10.6. The highest BCUT2D eigenvalue weighted by Crippen LogP contribution is 2.20. The minimum atomic E-state index is 0.773. The summed E-state index contributed by atoms with van der Waals surface area (Å²) in [5, 5.41) is 3.28. The van der Waals surface area contributed by atoms with Gasteiger partial charge < -0.3 is 10.1 Å². The molecule has 0 unspecified atom stereocenters. The average molecular weight is 220 g/mol. The monoisotopic (exact) mass is 219 g/mol. The second-order valence-electron chi connectivity index (χ2n) is 2.58. The van der Waals surface area contributed by atoms with Crippen LogP contribution in [0.1, 0.15) is 11.8 Å². The van der Waals surface area contributed by atoms with Gasteiger partial charge in [0.25, 0.3) is 0 Å². The standard InChI is InChI=1S/C9H14ClNOS/c1-2-12-6-5-11-7-8-3-4-9(10)13-8/h3-4,11H,2,5-7H2,1H3. The van der Waals surface area contributed by atoms with Crippen LogP contribution in [-0.2, 0) is 11.3 Å². The summed E-state index contributed by atoms with van der Waals surface area (Å²) < 4.78 is 6.04. The van der Waals surface area contributed by atoms with Gasteiger partial charge in [0.15, 0.2) is 0 Å². The molecular weight excluding hydrogens is 206 g/mol. The highest BCUT2D eigenvalue weighted by Gasteiger charge is 1.96. The maximum atomic E-state index is 5.79. The summed E-state index contributed by atoms with van der Waals surface area (Å²) in [4.78, 5) is 1.27. The van der Waals surface area contributed by atoms with Crippen LogP contribution >= 0.6 is 22.9 Å². The van der Waals surface area contributed by atoms with E-state index in [9.17, 15) is 0 Å². The Labute approximate surface area is 87.9 Å². The number of hydrogen-bond acceptors (Lipinski definition) is 3. The second kappa shape index (κ2) is 6.38. The van der Waals surface area contributed by atoms with E-state index in [1.807, 2.05) is 19.1 Å². The molecule has 13 heavy (non-hydrogen) atoms. The lowest BCUT2D eigenvalue weighted by molar-refractivity contribution is 0.149. The van der Waals surface area contributed by atoms with Gasteiger partial charge in [-0.25, -0.2) is 0 Å². The molecule has 0 saturated heterocycles. The summed E-state index contributed by atoms with van der Waals surface area (Å²) in [5.74, 6) is 0. The van der Waals surface area contributed by atoms with Gasteiger partial charge in [0.1, 0.15) is 0 Å². The maximum Gasteiger partial charge on any atom is 0.0931 e. The molecule has 0 amide bonds. The number of hydrogen-bond donors (Lipinski definition) is 1. The van der Waals surface area contributed by atoms with E-state index in [0.29, 0.717) is 0 Å². The Bertz CT molecular complexity index is 239. The van der Waals surface area contributed by atoms with Crippen LogP contribution in [0.4, 0.5) is 0 Å². The van der Waals surface area contributed by atoms with Crippen molar-refractivity contribution in [1.29, 1.82) is 0 Å². The van der Waals surface area contributed by atoms with Crippen LogP contribution in [0.15, 0.2) is 12.1 Å². The first-order chi connectivity index (χ1) is 6.33. The highest BCUT2D eigenvalue weighted by atomic mass is 35.5. The van der Waals surface area contributed by atoms with Crippen LogP contribution in [0.2, 0.25) is 4.34 Å². The van der Waals surface area contributed by atoms with E-state index in [1.54, 1.807) is 11.3 Å². The third-order valence-corrected chi connectivity index (χ3v) is 2.79. The zero-order valence-electron chi connectivity index (χ0n) is 7.68. The average Bonchev–Trinajstić information content (AvgIpc) is 2.51. The fourth-order valence-electron chi connectivity index (χ4n) is 0.947. The van der Waals surface area contributed by atoms with Crippen molar-refractivity contribution >= 4 is 22.9 Å². The number of ether oxygens (including phenoxy) is 1. The van der Waals surface area contributed by atoms with Crippen LogP contribution in [-0.4, -0.2) is 19.8 Å². The molecule has 1 aromatic heterocycles. The zero-order valence-corrected chi connectivity index (χ0v) is 9.25. The van der Waals surface area contributed by atoms with Gasteiger partial charge in [-0.1, -0.05) is 11.6 Å². The predicted octanol–water partition coefficient (Wildman–Crippen LogP) is 2.53. The van der Waals surface area contributed by atoms with Crippen LogP contribution in [0.5, 0.6) is 0 Å². The molecule has 0 atom stereocenters. The third kappa shape index (κ3) is 4.62. The molecule has 0 aromatic carbocycles. The minimum absolute atomic E-state index is 0.773. The Morgan fingerprint density at radius 2 is 2.38 bits per heavy atom. The van der Waals surface area contributed by atoms with Crippen molar-refractivity contribution in [2.45, 2.75) is 13.5 Å². The molecule has 0 spiro atoms. The maximum absolute atomic E-state index is 5.79. The van der Waals surface area contributed by atoms with Crippen molar-refractivity contribution in [2.75, 3.05) is 19.8 Å². The molecule has 1 heterocycles. The first-order valence-electron chi connectivity index (χ1n) is 4.35. The Morgan fingerprint density at radius 3 is 3.00 bits per heavy atom. The molecule has 0 bridgehead atoms. The molecule has 1 N–H and O–H groups in total. The molecule has 2 nitrogen and oxygen atoms in total. The summed E-state index contributed by atoms with van der Waals surface area (Å²) in [7, 11) is 0. The van der Waals surface area contributed by atoms with E-state index in [-0.39, 0.29) is 0 Å². The Morgan fingerprint density at radius 1 is 1.54 bits per heavy atom. The number of halogens is 1. The smallest absolute Gasteiger partial charge is 0.0931 e. The minimum Gasteiger partial charge on any atom is -0.380 e. The first-order valence-corrected chi connectivity index (χ1v) is 5.55. The molecule has 0 aliphatic rings. The fourth-order valence-corrected chi connectivity index (χ4v) is 2.00. The van der Waals surface area contributed by atoms with Crippen LogP contribution in [0.25, 0.3) is 0 Å². The lowest BCUT2D eigenvalue weighted by atomic mass is 10.4. The zero-order chi connectivity index (χ0) is 9.52. The summed E-state index contributed by atoms with van der Waals surface area (Å²) in [6.45, 7) is 5.33. The van der Waals surface area contributed by atoms with Gasteiger partial charge in [0.05, 0.1) is 10.9 Å². The van der Waals surface area contributed by atoms with Crippen molar-refractivity contribution < 1.29 is 4.74 Å². The van der Waals surface area contributed by atoms with Crippen LogP contribution < -0.4 is 5.32 Å². The molecule has 4 heteroatoms. The van der Waals surface area contributed by atoms with Gasteiger partial charge in [-0.2, -0.15) is 0 Å². The molecule has 0 radical (unpaired) electrons. The Balaban J connectivity index is 2.06. The molecule has 0 aliphatic carbocycles. The van der Waals surface area contributed by atoms with E-state index in [4.69, 9.17) is 16.3 Å². The van der Waals surface area contributed by atoms with Crippen molar-refractivity contribution in [3.05, 3.63) is 21.3 Å². The van der Waals surface area contributed by atoms with Crippen molar-refractivity contribution in [3.63, 3.8) is 0 Å². The van der Waals surface area contributed by atoms with Crippen LogP contribution in [0.3, 0.4) is 0 Å². The van der Waals surface area contributed by atoms with E-state index in [1.165, 1.54) is 4.88 Å². The molecule has 1 aromatic rings. The Hall–Kier alpha value is -0.0900. The predicted molar refractivity (Wildman–Crippen MR) is 57.5 cm³/mol. The number of nitrogens with one attached hydrogen (secondary N) is 1. The molecule has 0 saturated carbocycles. The largest absolute Gasteiger partial charge is 0.380 e. The lowest BCUT2D eigenvalue weighted by Crippen LogP contribution is -2.18. The Kier molecular flexibility index (Phi) is 5.39. The van der Waals surface area contributed by atoms with Gasteiger partial charge in [-0.05, 0) is 19.1 Å². The summed E-state index contributed by atoms with van der Waals surface area (Å²) in [5.41, 5.74) is 0. The quantitative estimate of drug-likeness (QED) is 0.743. The van der Waals surface area contributed by atoms with Crippen molar-refractivity contribution in [2.24, 2.45) is 0 Å². The lowest BCUT2D eigenvalue weighted by Gasteiger charge is -2.02. The highest BCUT2D eigenvalue weighted by molar-refractivity contribution is 7.16. The van der Waals surface area contributed by atoms with Gasteiger partial charge in [-0.3, -0.25) is 0 Å². The van der Waals surface area contributed by atoms with Gasteiger partial charge in [0.2, 0.25) is 0 Å². The molecule has 74 valence electrons. The molecular formula is C9H14ClNOS. The molecule has 0 fully saturated rings. The van der Waals surface area contributed by atoms with E-state index < -0.39 is 0 Å². The van der Waals surface area contributed by atoms with Gasteiger partial charge >= 0.3 is 0 Å². The van der Waals surface area contributed by atoms with E-state index in [2.05, 4.69) is 5.32 Å². The molecule has 1 rings (SSSR count).